The van der Waals surface area contributed by atoms with E-state index in [2.05, 4.69) is 37.7 Å². The summed E-state index contributed by atoms with van der Waals surface area (Å²) in [5.41, 5.74) is 0.872. The molecule has 0 aliphatic carbocycles. The van der Waals surface area contributed by atoms with Gasteiger partial charge >= 0.3 is 0 Å². The first-order valence-electron chi connectivity index (χ1n) is 8.58. The number of hydrogen-bond acceptors (Lipinski definition) is 6. The molecule has 2 aromatic heterocycles. The van der Waals surface area contributed by atoms with Crippen LogP contribution in [0.1, 0.15) is 15.8 Å². The van der Waals surface area contributed by atoms with Gasteiger partial charge in [0.05, 0.1) is 5.01 Å². The van der Waals surface area contributed by atoms with Crippen LogP contribution < -0.4 is 10.6 Å². The van der Waals surface area contributed by atoms with E-state index in [0.29, 0.717) is 29.7 Å². The number of nitrogens with one attached hydrogen (secondary N) is 2. The number of guanidine groups is 1. The van der Waals surface area contributed by atoms with Crippen LogP contribution >= 0.6 is 22.9 Å². The van der Waals surface area contributed by atoms with Crippen molar-refractivity contribution in [2.75, 3.05) is 20.1 Å². The summed E-state index contributed by atoms with van der Waals surface area (Å²) in [6.07, 6.45) is 3.37. The molecule has 0 bridgehead atoms. The van der Waals surface area contributed by atoms with Crippen LogP contribution in [0.2, 0.25) is 5.02 Å². The van der Waals surface area contributed by atoms with Gasteiger partial charge in [0.15, 0.2) is 5.96 Å². The largest absolute Gasteiger partial charge is 0.356 e. The predicted molar refractivity (Wildman–Crippen MR) is 108 cm³/mol. The normalized spacial score (nSPS) is 11.6. The molecule has 1 aromatic carbocycles. The van der Waals surface area contributed by atoms with Gasteiger partial charge in [-0.25, -0.2) is 4.98 Å². The van der Waals surface area contributed by atoms with Crippen molar-refractivity contribution in [3.63, 3.8) is 0 Å². The van der Waals surface area contributed by atoms with E-state index in [0.717, 1.165) is 29.5 Å². The fourth-order valence-corrected chi connectivity index (χ4v) is 3.30. The maximum Gasteiger partial charge on any atom is 0.228 e. The quantitative estimate of drug-likeness (QED) is 0.464. The second-order valence-electron chi connectivity index (χ2n) is 5.81. The number of nitrogens with zero attached hydrogens (tertiary/aromatic N) is 4. The smallest absolute Gasteiger partial charge is 0.228 e. The van der Waals surface area contributed by atoms with Crippen molar-refractivity contribution in [3.8, 4) is 11.4 Å². The lowest BCUT2D eigenvalue weighted by molar-refractivity contribution is 0.378. The van der Waals surface area contributed by atoms with Gasteiger partial charge < -0.3 is 15.2 Å². The summed E-state index contributed by atoms with van der Waals surface area (Å²) in [5.74, 6) is 1.87. The maximum absolute atomic E-state index is 5.90. The molecule has 2 heterocycles. The minimum absolute atomic E-state index is 0.558. The number of hydrogen-bond donors (Lipinski definition) is 2. The van der Waals surface area contributed by atoms with Gasteiger partial charge in [-0.05, 0) is 31.2 Å². The highest BCUT2D eigenvalue weighted by atomic mass is 35.5. The van der Waals surface area contributed by atoms with Crippen LogP contribution in [0.25, 0.3) is 11.4 Å². The summed E-state index contributed by atoms with van der Waals surface area (Å²) in [6.45, 7) is 3.47. The third kappa shape index (κ3) is 5.77. The van der Waals surface area contributed by atoms with Crippen LogP contribution in [0.4, 0.5) is 0 Å². The molecular weight excluding hydrogens is 384 g/mol. The van der Waals surface area contributed by atoms with Crippen LogP contribution in [0.3, 0.4) is 0 Å². The topological polar surface area (TPSA) is 88.2 Å². The highest BCUT2D eigenvalue weighted by Gasteiger charge is 2.09. The Hall–Kier alpha value is -2.45. The molecule has 3 rings (SSSR count). The Balaban J connectivity index is 1.42. The SMILES string of the molecule is CN=C(NCCc1nc(-c2ccc(Cl)cc2)no1)NCCc1ncc(C)s1. The van der Waals surface area contributed by atoms with Gasteiger partial charge in [-0.1, -0.05) is 16.8 Å². The van der Waals surface area contributed by atoms with E-state index in [1.54, 1.807) is 30.5 Å². The Bertz CT molecular complexity index is 889. The molecule has 0 saturated carbocycles. The Morgan fingerprint density at radius 3 is 2.59 bits per heavy atom. The summed E-state index contributed by atoms with van der Waals surface area (Å²) in [6, 6.07) is 7.34. The van der Waals surface area contributed by atoms with Gasteiger partial charge in [-0.15, -0.1) is 11.3 Å². The number of aromatic nitrogens is 3. The summed E-state index contributed by atoms with van der Waals surface area (Å²) < 4.78 is 5.30. The molecule has 0 atom stereocenters. The predicted octanol–water partition coefficient (Wildman–Crippen LogP) is 3.11. The monoisotopic (exact) mass is 404 g/mol. The Labute approximate surface area is 166 Å². The maximum atomic E-state index is 5.90. The zero-order valence-corrected chi connectivity index (χ0v) is 16.8. The second kappa shape index (κ2) is 9.48. The average Bonchev–Trinajstić information content (AvgIpc) is 3.30. The molecule has 142 valence electrons. The molecule has 0 fully saturated rings. The highest BCUT2D eigenvalue weighted by Crippen LogP contribution is 2.18. The third-order valence-corrected chi connectivity index (χ3v) is 4.95. The van der Waals surface area contributed by atoms with Crippen molar-refractivity contribution in [2.24, 2.45) is 4.99 Å². The zero-order valence-electron chi connectivity index (χ0n) is 15.2. The average molecular weight is 405 g/mol. The molecule has 27 heavy (non-hydrogen) atoms. The van der Waals surface area contributed by atoms with Gasteiger partial charge in [0, 0.05) is 54.6 Å². The standard InChI is InChI=1S/C18H21ClN6OS/c1-12-11-23-16(27-12)8-10-22-18(20-2)21-9-7-15-24-17(25-26-15)13-3-5-14(19)6-4-13/h3-6,11H,7-10H2,1-2H3,(H2,20,21,22). The molecule has 0 amide bonds. The zero-order chi connectivity index (χ0) is 19.1. The Morgan fingerprint density at radius 2 is 1.93 bits per heavy atom. The number of rotatable bonds is 7. The number of benzene rings is 1. The van der Waals surface area contributed by atoms with Crippen molar-refractivity contribution in [1.29, 1.82) is 0 Å². The van der Waals surface area contributed by atoms with Crippen LogP contribution in [-0.4, -0.2) is 41.2 Å². The summed E-state index contributed by atoms with van der Waals surface area (Å²) >= 11 is 7.61. The Morgan fingerprint density at radius 1 is 1.19 bits per heavy atom. The lowest BCUT2D eigenvalue weighted by Gasteiger charge is -2.10. The summed E-state index contributed by atoms with van der Waals surface area (Å²) in [5, 5.41) is 12.3. The molecule has 0 spiro atoms. The van der Waals surface area contributed by atoms with Crippen LogP contribution in [0, 0.1) is 6.92 Å². The van der Waals surface area contributed by atoms with Crippen molar-refractivity contribution in [1.82, 2.24) is 25.8 Å². The van der Waals surface area contributed by atoms with E-state index in [1.807, 2.05) is 18.3 Å². The molecule has 0 aliphatic heterocycles. The first kappa shape index (κ1) is 19.3. The van der Waals surface area contributed by atoms with Gasteiger partial charge in [0.2, 0.25) is 11.7 Å². The molecule has 0 saturated heterocycles. The van der Waals surface area contributed by atoms with Crippen LogP contribution in [0.15, 0.2) is 40.0 Å². The number of aryl methyl sites for hydroxylation is 1. The lowest BCUT2D eigenvalue weighted by Crippen LogP contribution is -2.39. The Kier molecular flexibility index (Phi) is 6.78. The van der Waals surface area contributed by atoms with E-state index in [9.17, 15) is 0 Å². The second-order valence-corrected chi connectivity index (χ2v) is 7.56. The van der Waals surface area contributed by atoms with Gasteiger partial charge in [0.1, 0.15) is 0 Å². The van der Waals surface area contributed by atoms with Crippen molar-refractivity contribution in [2.45, 2.75) is 19.8 Å². The molecular formula is C18H21ClN6OS. The van der Waals surface area contributed by atoms with E-state index < -0.39 is 0 Å². The van der Waals surface area contributed by atoms with Crippen LogP contribution in [0.5, 0.6) is 0 Å². The molecule has 0 aliphatic rings. The van der Waals surface area contributed by atoms with Crippen molar-refractivity contribution >= 4 is 28.9 Å². The van der Waals surface area contributed by atoms with Crippen LogP contribution in [-0.2, 0) is 12.8 Å². The summed E-state index contributed by atoms with van der Waals surface area (Å²) in [7, 11) is 1.74. The minimum atomic E-state index is 0.558. The molecule has 7 nitrogen and oxygen atoms in total. The van der Waals surface area contributed by atoms with Gasteiger partial charge in [0.25, 0.3) is 0 Å². The van der Waals surface area contributed by atoms with Crippen molar-refractivity contribution in [3.05, 3.63) is 51.3 Å². The minimum Gasteiger partial charge on any atom is -0.356 e. The van der Waals surface area contributed by atoms with Gasteiger partial charge in [-0.3, -0.25) is 4.99 Å². The first-order chi connectivity index (χ1) is 13.1. The van der Waals surface area contributed by atoms with E-state index in [-0.39, 0.29) is 0 Å². The number of aliphatic imine (C=N–C) groups is 1. The van der Waals surface area contributed by atoms with E-state index in [4.69, 9.17) is 16.1 Å². The lowest BCUT2D eigenvalue weighted by atomic mass is 10.2. The van der Waals surface area contributed by atoms with Crippen molar-refractivity contribution < 1.29 is 4.52 Å². The fraction of sp³-hybridized carbons (Fsp3) is 0.333. The highest BCUT2D eigenvalue weighted by molar-refractivity contribution is 7.11. The van der Waals surface area contributed by atoms with Gasteiger partial charge in [-0.2, -0.15) is 4.98 Å². The van der Waals surface area contributed by atoms with E-state index >= 15 is 0 Å². The molecule has 0 unspecified atom stereocenters. The molecule has 2 N–H and O–H groups in total. The summed E-state index contributed by atoms with van der Waals surface area (Å²) in [4.78, 5) is 14.2. The molecule has 0 radical (unpaired) electrons. The molecule has 3 aromatic rings. The number of halogens is 1. The first-order valence-corrected chi connectivity index (χ1v) is 9.78. The number of thiazole rings is 1. The van der Waals surface area contributed by atoms with E-state index in [1.165, 1.54) is 4.88 Å². The fourth-order valence-electron chi connectivity index (χ4n) is 2.39. The molecule has 9 heteroatoms. The third-order valence-electron chi connectivity index (χ3n) is 3.73.